The average Bonchev–Trinajstić information content (AvgIpc) is 2.52. The zero-order valence-corrected chi connectivity index (χ0v) is 17.2. The van der Waals surface area contributed by atoms with Gasteiger partial charge in [0.15, 0.2) is 0 Å². The SMILES string of the molecule is CC(CN)CN.CC(C[N+](=O)[O-])C[N+](=O)[O-].CC(C[N+](=O)[O-])C[N+](=O)[O-].CC=O. The maximum atomic E-state index is 9.77. The average molecular weight is 428 g/mol. The highest BCUT2D eigenvalue weighted by Crippen LogP contribution is 1.94. The predicted molar refractivity (Wildman–Crippen MR) is 105 cm³/mol. The molecule has 0 aliphatic carbocycles. The third-order valence-corrected chi connectivity index (χ3v) is 2.65. The van der Waals surface area contributed by atoms with Gasteiger partial charge < -0.3 is 16.3 Å². The number of carbonyl (C=O) groups is 1. The lowest BCUT2D eigenvalue weighted by molar-refractivity contribution is -0.522. The van der Waals surface area contributed by atoms with Gasteiger partial charge in [-0.15, -0.1) is 0 Å². The van der Waals surface area contributed by atoms with Crippen LogP contribution in [0.15, 0.2) is 0 Å². The molecule has 0 atom stereocenters. The second-order valence-corrected chi connectivity index (χ2v) is 6.08. The van der Waals surface area contributed by atoms with Gasteiger partial charge in [0.2, 0.25) is 26.2 Å². The van der Waals surface area contributed by atoms with Gasteiger partial charge in [-0.2, -0.15) is 0 Å². The summed E-state index contributed by atoms with van der Waals surface area (Å²) in [5, 5.41) is 39.1. The summed E-state index contributed by atoms with van der Waals surface area (Å²) in [5.41, 5.74) is 10.4. The third kappa shape index (κ3) is 45.8. The number of carbonyl (C=O) groups excluding carboxylic acids is 1. The lowest BCUT2D eigenvalue weighted by Gasteiger charge is -1.99. The van der Waals surface area contributed by atoms with E-state index in [1.54, 1.807) is 0 Å². The summed E-state index contributed by atoms with van der Waals surface area (Å²) in [7, 11) is 0. The highest BCUT2D eigenvalue weighted by molar-refractivity contribution is 5.44. The molecule has 0 heterocycles. The first-order valence-corrected chi connectivity index (χ1v) is 8.54. The molecule has 0 amide bonds. The molecule has 29 heavy (non-hydrogen) atoms. The Hall–Kier alpha value is -2.81. The van der Waals surface area contributed by atoms with Gasteiger partial charge in [0.25, 0.3) is 0 Å². The Bertz CT molecular complexity index is 408. The normalized spacial score (nSPS) is 9.28. The first-order chi connectivity index (χ1) is 13.3. The molecule has 15 heteroatoms. The van der Waals surface area contributed by atoms with Crippen molar-refractivity contribution in [2.45, 2.75) is 27.7 Å². The molecule has 0 saturated heterocycles. The first kappa shape index (κ1) is 33.8. The van der Waals surface area contributed by atoms with Crippen molar-refractivity contribution in [3.05, 3.63) is 40.5 Å². The minimum Gasteiger partial charge on any atom is -0.330 e. The van der Waals surface area contributed by atoms with Gasteiger partial charge in [-0.05, 0) is 39.8 Å². The van der Waals surface area contributed by atoms with Crippen LogP contribution in [0, 0.1) is 58.2 Å². The highest BCUT2D eigenvalue weighted by Gasteiger charge is 2.15. The van der Waals surface area contributed by atoms with Crippen LogP contribution in [0.1, 0.15) is 27.7 Å². The van der Waals surface area contributed by atoms with Crippen LogP contribution in [0.4, 0.5) is 0 Å². The second kappa shape index (κ2) is 23.2. The van der Waals surface area contributed by atoms with Crippen molar-refractivity contribution in [1.29, 1.82) is 0 Å². The van der Waals surface area contributed by atoms with E-state index in [0.29, 0.717) is 19.0 Å². The van der Waals surface area contributed by atoms with Crippen molar-refractivity contribution in [3.63, 3.8) is 0 Å². The van der Waals surface area contributed by atoms with Crippen molar-refractivity contribution in [1.82, 2.24) is 0 Å². The van der Waals surface area contributed by atoms with Crippen LogP contribution in [0.2, 0.25) is 0 Å². The lowest BCUT2D eigenvalue weighted by atomic mass is 10.2. The first-order valence-electron chi connectivity index (χ1n) is 8.54. The molecule has 0 saturated carbocycles. The highest BCUT2D eigenvalue weighted by atomic mass is 16.6. The molecule has 0 aromatic carbocycles. The minimum absolute atomic E-state index is 0.332. The number of aldehydes is 1. The van der Waals surface area contributed by atoms with Crippen LogP contribution in [-0.2, 0) is 4.79 Å². The van der Waals surface area contributed by atoms with E-state index in [4.69, 9.17) is 16.3 Å². The number of rotatable bonds is 10. The Labute approximate surface area is 168 Å². The monoisotopic (exact) mass is 428 g/mol. The minimum atomic E-state index is -0.547. The lowest BCUT2D eigenvalue weighted by Crippen LogP contribution is -2.19. The fraction of sp³-hybridized carbons (Fsp3) is 0.929. The number of nitrogens with zero attached hydrogens (tertiary/aromatic N) is 4. The summed E-state index contributed by atoms with van der Waals surface area (Å²) < 4.78 is 0. The third-order valence-electron chi connectivity index (χ3n) is 2.65. The molecular formula is C14H32N6O9. The molecule has 0 radical (unpaired) electrons. The van der Waals surface area contributed by atoms with E-state index in [2.05, 4.69) is 0 Å². The van der Waals surface area contributed by atoms with E-state index >= 15 is 0 Å². The van der Waals surface area contributed by atoms with Gasteiger partial charge in [-0.25, -0.2) is 0 Å². The van der Waals surface area contributed by atoms with E-state index < -0.39 is 31.5 Å². The largest absolute Gasteiger partial charge is 0.330 e. The summed E-state index contributed by atoms with van der Waals surface area (Å²) in [5.74, 6) is -0.472. The maximum Gasteiger partial charge on any atom is 0.212 e. The van der Waals surface area contributed by atoms with Crippen LogP contribution < -0.4 is 11.5 Å². The molecule has 0 rings (SSSR count). The topological polar surface area (TPSA) is 242 Å². The van der Waals surface area contributed by atoms with Crippen molar-refractivity contribution in [2.24, 2.45) is 29.2 Å². The van der Waals surface area contributed by atoms with Crippen molar-refractivity contribution < 1.29 is 24.5 Å². The summed E-state index contributed by atoms with van der Waals surface area (Å²) in [6.07, 6.45) is 0.750. The fourth-order valence-electron chi connectivity index (χ4n) is 1.23. The Morgan fingerprint density at radius 2 is 0.828 bits per heavy atom. The Morgan fingerprint density at radius 1 is 0.655 bits per heavy atom. The molecule has 4 N–H and O–H groups in total. The number of hydrogen-bond acceptors (Lipinski definition) is 11. The van der Waals surface area contributed by atoms with Crippen LogP contribution in [0.5, 0.6) is 0 Å². The van der Waals surface area contributed by atoms with E-state index in [-0.39, 0.29) is 26.2 Å². The molecule has 0 aliphatic rings. The second-order valence-electron chi connectivity index (χ2n) is 6.08. The summed E-state index contributed by atoms with van der Waals surface area (Å²) in [4.78, 5) is 45.7. The van der Waals surface area contributed by atoms with Crippen LogP contribution in [-0.4, -0.2) is 65.2 Å². The summed E-state index contributed by atoms with van der Waals surface area (Å²) in [6, 6.07) is 0. The molecule has 172 valence electrons. The predicted octanol–water partition coefficient (Wildman–Crippen LogP) is 0.0969. The summed E-state index contributed by atoms with van der Waals surface area (Å²) >= 11 is 0. The molecule has 0 spiro atoms. The number of nitro groups is 4. The zero-order chi connectivity index (χ0) is 24.0. The Balaban J connectivity index is -0.000000155. The van der Waals surface area contributed by atoms with Gasteiger partial charge in [-0.3, -0.25) is 40.5 Å². The number of hydrogen-bond donors (Lipinski definition) is 2. The van der Waals surface area contributed by atoms with E-state index in [0.717, 1.165) is 6.29 Å². The molecular weight excluding hydrogens is 396 g/mol. The van der Waals surface area contributed by atoms with Crippen LogP contribution >= 0.6 is 0 Å². The molecule has 15 nitrogen and oxygen atoms in total. The van der Waals surface area contributed by atoms with Gasteiger partial charge in [0.05, 0.1) is 11.8 Å². The van der Waals surface area contributed by atoms with Gasteiger partial charge in [0.1, 0.15) is 6.29 Å². The van der Waals surface area contributed by atoms with Gasteiger partial charge >= 0.3 is 0 Å². The fourth-order valence-corrected chi connectivity index (χ4v) is 1.23. The summed E-state index contributed by atoms with van der Waals surface area (Å²) in [6.45, 7) is 6.51. The van der Waals surface area contributed by atoms with E-state index in [1.807, 2.05) is 6.92 Å². The molecule has 0 aliphatic heterocycles. The quantitative estimate of drug-likeness (QED) is 0.268. The van der Waals surface area contributed by atoms with Gasteiger partial charge in [0, 0.05) is 19.7 Å². The standard InChI is InChI=1S/2C4H8N2O4.C4H12N2.C2H4O/c2*1-4(2-5(7)8)3-6(9)10;1-4(2-5)3-6;1-2-3/h2*4H,2-3H2,1H3;4H,2-3,5-6H2,1H3;2H,1H3. The van der Waals surface area contributed by atoms with Crippen molar-refractivity contribution in [2.75, 3.05) is 39.3 Å². The van der Waals surface area contributed by atoms with Crippen molar-refractivity contribution in [3.8, 4) is 0 Å². The number of nitrogens with two attached hydrogens (primary N) is 2. The molecule has 0 aromatic heterocycles. The Kier molecular flexibility index (Phi) is 27.0. The molecule has 0 fully saturated rings. The Morgan fingerprint density at radius 3 is 0.897 bits per heavy atom. The van der Waals surface area contributed by atoms with E-state index in [1.165, 1.54) is 20.8 Å². The van der Waals surface area contributed by atoms with Crippen LogP contribution in [0.25, 0.3) is 0 Å². The maximum absolute atomic E-state index is 9.77. The smallest absolute Gasteiger partial charge is 0.212 e. The molecule has 0 bridgehead atoms. The zero-order valence-electron chi connectivity index (χ0n) is 17.2. The van der Waals surface area contributed by atoms with Crippen LogP contribution in [0.3, 0.4) is 0 Å². The molecule has 0 unspecified atom stereocenters. The van der Waals surface area contributed by atoms with Crippen molar-refractivity contribution >= 4 is 6.29 Å². The molecule has 0 aromatic rings. The van der Waals surface area contributed by atoms with E-state index in [9.17, 15) is 40.5 Å². The van der Waals surface area contributed by atoms with Gasteiger partial charge in [-0.1, -0.05) is 6.92 Å².